The smallest absolute Gasteiger partial charge is 0.118 e. The Morgan fingerprint density at radius 1 is 0.583 bits per heavy atom. The summed E-state index contributed by atoms with van der Waals surface area (Å²) >= 11 is 0. The topological polar surface area (TPSA) is 18.5 Å². The molecule has 1 radical (unpaired) electrons. The SMILES string of the molecule is COc1ccc(C([SiH2])(c2ccccc2)c2ccc(OC)cc2)cc1. The molecule has 0 saturated heterocycles. The molecule has 0 N–H and O–H groups in total. The molecule has 0 unspecified atom stereocenters. The summed E-state index contributed by atoms with van der Waals surface area (Å²) in [6.07, 6.45) is 0. The van der Waals surface area contributed by atoms with Crippen molar-refractivity contribution >= 4 is 10.2 Å². The van der Waals surface area contributed by atoms with Crippen molar-refractivity contribution < 1.29 is 9.47 Å². The number of rotatable bonds is 5. The Labute approximate surface area is 146 Å². The minimum atomic E-state index is -0.222. The molecular weight excluding hydrogens is 312 g/mol. The fourth-order valence-corrected chi connectivity index (χ4v) is 3.68. The molecule has 24 heavy (non-hydrogen) atoms. The second kappa shape index (κ2) is 6.93. The molecule has 0 heterocycles. The van der Waals surface area contributed by atoms with E-state index in [9.17, 15) is 0 Å². The third kappa shape index (κ3) is 2.95. The van der Waals surface area contributed by atoms with Gasteiger partial charge in [-0.3, -0.25) is 0 Å². The van der Waals surface area contributed by atoms with Crippen molar-refractivity contribution in [3.05, 3.63) is 95.6 Å². The van der Waals surface area contributed by atoms with E-state index in [2.05, 4.69) is 54.6 Å². The zero-order valence-corrected chi connectivity index (χ0v) is 15.4. The first-order chi connectivity index (χ1) is 11.7. The normalized spacial score (nSPS) is 11.1. The summed E-state index contributed by atoms with van der Waals surface area (Å²) in [4.78, 5) is 0. The van der Waals surface area contributed by atoms with E-state index in [0.717, 1.165) is 11.5 Å². The predicted octanol–water partition coefficient (Wildman–Crippen LogP) is 3.63. The van der Waals surface area contributed by atoms with Crippen LogP contribution in [-0.4, -0.2) is 24.5 Å². The maximum Gasteiger partial charge on any atom is 0.118 e. The van der Waals surface area contributed by atoms with E-state index in [0.29, 0.717) is 0 Å². The van der Waals surface area contributed by atoms with Crippen LogP contribution in [-0.2, 0) is 5.04 Å². The van der Waals surface area contributed by atoms with Gasteiger partial charge < -0.3 is 9.47 Å². The molecule has 0 aliphatic rings. The number of ether oxygens (including phenoxy) is 2. The average molecular weight is 333 g/mol. The van der Waals surface area contributed by atoms with Crippen LogP contribution in [0.25, 0.3) is 0 Å². The molecule has 3 heteroatoms. The number of hydrogen-bond acceptors (Lipinski definition) is 2. The molecule has 3 rings (SSSR count). The molecule has 0 aromatic heterocycles. The van der Waals surface area contributed by atoms with Gasteiger partial charge in [0.15, 0.2) is 0 Å². The highest BCUT2D eigenvalue weighted by Crippen LogP contribution is 2.37. The van der Waals surface area contributed by atoms with Crippen LogP contribution in [0.1, 0.15) is 16.7 Å². The molecular formula is C21H21O2Si. The molecule has 2 nitrogen and oxygen atoms in total. The van der Waals surface area contributed by atoms with Gasteiger partial charge in [0.25, 0.3) is 0 Å². The summed E-state index contributed by atoms with van der Waals surface area (Å²) in [5.41, 5.74) is 3.73. The van der Waals surface area contributed by atoms with Crippen molar-refractivity contribution in [1.29, 1.82) is 0 Å². The van der Waals surface area contributed by atoms with Crippen LogP contribution >= 0.6 is 0 Å². The monoisotopic (exact) mass is 333 g/mol. The standard InChI is InChI=1S/C21H21O2Si/c1-22-19-12-8-17(9-13-19)21(24,16-6-4-3-5-7-16)18-10-14-20(23-2)15-11-18/h3-15H,24H2,1-2H3. The number of benzene rings is 3. The van der Waals surface area contributed by atoms with E-state index in [1.54, 1.807) is 14.2 Å². The Morgan fingerprint density at radius 3 is 1.33 bits per heavy atom. The Bertz CT molecular complexity index is 733. The summed E-state index contributed by atoms with van der Waals surface area (Å²) < 4.78 is 10.6. The lowest BCUT2D eigenvalue weighted by molar-refractivity contribution is 0.414. The molecule has 0 aliphatic heterocycles. The number of methoxy groups -OCH3 is 2. The van der Waals surface area contributed by atoms with Crippen molar-refractivity contribution in [1.82, 2.24) is 0 Å². The van der Waals surface area contributed by atoms with Crippen LogP contribution in [0.3, 0.4) is 0 Å². The summed E-state index contributed by atoms with van der Waals surface area (Å²) in [5.74, 6) is 1.74. The van der Waals surface area contributed by atoms with Crippen molar-refractivity contribution in [3.8, 4) is 11.5 Å². The molecule has 0 bridgehead atoms. The van der Waals surface area contributed by atoms with Gasteiger partial charge in [-0.25, -0.2) is 0 Å². The van der Waals surface area contributed by atoms with Crippen LogP contribution in [0, 0.1) is 0 Å². The van der Waals surface area contributed by atoms with E-state index in [1.165, 1.54) is 16.7 Å². The first-order valence-electron chi connectivity index (χ1n) is 7.88. The first-order valence-corrected chi connectivity index (χ1v) is 8.59. The van der Waals surface area contributed by atoms with Gasteiger partial charge >= 0.3 is 0 Å². The first kappa shape index (κ1) is 16.3. The lowest BCUT2D eigenvalue weighted by Gasteiger charge is -2.32. The van der Waals surface area contributed by atoms with Gasteiger partial charge in [0.1, 0.15) is 11.5 Å². The Balaban J connectivity index is 2.16. The van der Waals surface area contributed by atoms with Crippen molar-refractivity contribution in [2.24, 2.45) is 0 Å². The average Bonchev–Trinajstić information content (AvgIpc) is 2.68. The van der Waals surface area contributed by atoms with Crippen LogP contribution in [0.4, 0.5) is 0 Å². The van der Waals surface area contributed by atoms with Crippen LogP contribution in [0.5, 0.6) is 11.5 Å². The molecule has 0 atom stereocenters. The van der Waals surface area contributed by atoms with Gasteiger partial charge in [0.05, 0.1) is 14.2 Å². The molecule has 0 aliphatic carbocycles. The third-order valence-electron chi connectivity index (χ3n) is 4.43. The fraction of sp³-hybridized carbons (Fsp3) is 0.143. The van der Waals surface area contributed by atoms with Crippen LogP contribution in [0.15, 0.2) is 78.9 Å². The fourth-order valence-electron chi connectivity index (χ4n) is 2.97. The van der Waals surface area contributed by atoms with Gasteiger partial charge in [-0.05, 0) is 41.0 Å². The highest BCUT2D eigenvalue weighted by Gasteiger charge is 2.30. The Hall–Kier alpha value is -2.52. The van der Waals surface area contributed by atoms with E-state index >= 15 is 0 Å². The quantitative estimate of drug-likeness (QED) is 0.524. The highest BCUT2D eigenvalue weighted by molar-refractivity contribution is 6.20. The van der Waals surface area contributed by atoms with Gasteiger partial charge in [0.2, 0.25) is 0 Å². The van der Waals surface area contributed by atoms with Gasteiger partial charge in [-0.15, -0.1) is 0 Å². The summed E-state index contributed by atoms with van der Waals surface area (Å²) in [6.45, 7) is 0. The maximum atomic E-state index is 5.31. The maximum absolute atomic E-state index is 5.31. The molecule has 0 spiro atoms. The molecule has 121 valence electrons. The molecule has 3 aromatic rings. The van der Waals surface area contributed by atoms with Gasteiger partial charge in [-0.1, -0.05) is 54.6 Å². The van der Waals surface area contributed by atoms with Gasteiger partial charge in [0, 0.05) is 15.3 Å². The van der Waals surface area contributed by atoms with Crippen molar-refractivity contribution in [3.63, 3.8) is 0 Å². The van der Waals surface area contributed by atoms with Gasteiger partial charge in [-0.2, -0.15) is 0 Å². The third-order valence-corrected chi connectivity index (χ3v) is 5.66. The van der Waals surface area contributed by atoms with E-state index < -0.39 is 0 Å². The van der Waals surface area contributed by atoms with Crippen molar-refractivity contribution in [2.45, 2.75) is 5.04 Å². The predicted molar refractivity (Wildman–Crippen MR) is 101 cm³/mol. The summed E-state index contributed by atoms with van der Waals surface area (Å²) in [5, 5.41) is -0.222. The van der Waals surface area contributed by atoms with E-state index in [1.807, 2.05) is 34.5 Å². The van der Waals surface area contributed by atoms with E-state index in [4.69, 9.17) is 9.47 Å². The zero-order valence-electron chi connectivity index (χ0n) is 14.0. The lowest BCUT2D eigenvalue weighted by atomic mass is 9.83. The molecule has 0 saturated carbocycles. The lowest BCUT2D eigenvalue weighted by Crippen LogP contribution is -2.29. The van der Waals surface area contributed by atoms with Crippen LogP contribution < -0.4 is 9.47 Å². The summed E-state index contributed by atoms with van der Waals surface area (Å²) in [7, 11) is 5.38. The minimum absolute atomic E-state index is 0.222. The highest BCUT2D eigenvalue weighted by atomic mass is 28.1. The largest absolute Gasteiger partial charge is 0.497 e. The van der Waals surface area contributed by atoms with E-state index in [-0.39, 0.29) is 5.04 Å². The van der Waals surface area contributed by atoms with Crippen LogP contribution in [0.2, 0.25) is 0 Å². The summed E-state index contributed by atoms with van der Waals surface area (Å²) in [6, 6.07) is 27.2. The second-order valence-corrected chi connectivity index (χ2v) is 6.79. The zero-order chi connectivity index (χ0) is 17.0. The number of hydrogen-bond donors (Lipinski definition) is 0. The Kier molecular flexibility index (Phi) is 4.72. The van der Waals surface area contributed by atoms with Crippen molar-refractivity contribution in [2.75, 3.05) is 14.2 Å². The minimum Gasteiger partial charge on any atom is -0.497 e. The molecule has 0 amide bonds. The molecule has 0 fully saturated rings. The Morgan fingerprint density at radius 2 is 0.958 bits per heavy atom. The second-order valence-electron chi connectivity index (χ2n) is 5.73. The molecule has 3 aromatic carbocycles.